The van der Waals surface area contributed by atoms with Gasteiger partial charge in [0.15, 0.2) is 0 Å². The van der Waals surface area contributed by atoms with Crippen LogP contribution in [0.25, 0.3) is 0 Å². The van der Waals surface area contributed by atoms with Gasteiger partial charge in [0.2, 0.25) is 0 Å². The van der Waals surface area contributed by atoms with Gasteiger partial charge in [0, 0.05) is 5.02 Å². The topological polar surface area (TPSA) is 0 Å². The third-order valence-electron chi connectivity index (χ3n) is 1.79. The highest BCUT2D eigenvalue weighted by Crippen LogP contribution is 2.11. The molecule has 0 aliphatic carbocycles. The zero-order chi connectivity index (χ0) is 8.81. The van der Waals surface area contributed by atoms with E-state index in [0.717, 1.165) is 17.2 Å². The Balaban J connectivity index is 2.37. The van der Waals surface area contributed by atoms with E-state index in [9.17, 15) is 0 Å². The largest absolute Gasteiger partial charge is 0.179 e. The molecule has 0 spiro atoms. The predicted molar refractivity (Wildman–Crippen MR) is 58.2 cm³/mol. The molecule has 0 radical (unpaired) electrons. The van der Waals surface area contributed by atoms with Gasteiger partial charge in [-0.1, -0.05) is 23.7 Å². The van der Waals surface area contributed by atoms with E-state index in [4.69, 9.17) is 11.6 Å². The van der Waals surface area contributed by atoms with Crippen molar-refractivity contribution in [2.75, 3.05) is 5.75 Å². The van der Waals surface area contributed by atoms with Crippen LogP contribution in [-0.2, 0) is 6.42 Å². The minimum absolute atomic E-state index is 0.813. The van der Waals surface area contributed by atoms with Crippen molar-refractivity contribution < 1.29 is 0 Å². The van der Waals surface area contributed by atoms with Gasteiger partial charge < -0.3 is 0 Å². The number of halogens is 1. The fourth-order valence-corrected chi connectivity index (χ4v) is 1.44. The first-order chi connectivity index (χ1) is 5.83. The van der Waals surface area contributed by atoms with Gasteiger partial charge in [0.25, 0.3) is 0 Å². The zero-order valence-electron chi connectivity index (χ0n) is 6.96. The van der Waals surface area contributed by atoms with E-state index < -0.39 is 0 Å². The first-order valence-electron chi connectivity index (χ1n) is 4.18. The molecule has 0 bridgehead atoms. The minimum atomic E-state index is 0.813. The predicted octanol–water partition coefficient (Wildman–Crippen LogP) is 3.59. The average molecular weight is 201 g/mol. The molecular formula is C10H13ClS. The molecule has 0 aliphatic rings. The van der Waals surface area contributed by atoms with Crippen molar-refractivity contribution in [2.24, 2.45) is 0 Å². The summed E-state index contributed by atoms with van der Waals surface area (Å²) in [6.07, 6.45) is 3.54. The Morgan fingerprint density at radius 1 is 1.08 bits per heavy atom. The van der Waals surface area contributed by atoms with Crippen LogP contribution in [-0.4, -0.2) is 5.75 Å². The second-order valence-electron chi connectivity index (χ2n) is 2.81. The molecule has 1 aromatic rings. The van der Waals surface area contributed by atoms with Crippen molar-refractivity contribution in [3.8, 4) is 0 Å². The molecule has 0 saturated carbocycles. The maximum absolute atomic E-state index is 5.76. The van der Waals surface area contributed by atoms with Crippen LogP contribution in [0, 0.1) is 0 Å². The Morgan fingerprint density at radius 2 is 1.75 bits per heavy atom. The van der Waals surface area contributed by atoms with Crippen molar-refractivity contribution in [3.63, 3.8) is 0 Å². The monoisotopic (exact) mass is 200 g/mol. The SMILES string of the molecule is SCCCCc1ccc(Cl)cc1. The van der Waals surface area contributed by atoms with Crippen molar-refractivity contribution in [1.82, 2.24) is 0 Å². The van der Waals surface area contributed by atoms with E-state index in [2.05, 4.69) is 24.8 Å². The normalized spacial score (nSPS) is 10.2. The highest BCUT2D eigenvalue weighted by atomic mass is 35.5. The number of aryl methyl sites for hydroxylation is 1. The van der Waals surface area contributed by atoms with Crippen LogP contribution in [0.5, 0.6) is 0 Å². The van der Waals surface area contributed by atoms with Gasteiger partial charge in [-0.15, -0.1) is 0 Å². The van der Waals surface area contributed by atoms with E-state index in [1.807, 2.05) is 12.1 Å². The van der Waals surface area contributed by atoms with Gasteiger partial charge in [0.05, 0.1) is 0 Å². The third kappa shape index (κ3) is 3.51. The number of thiol groups is 1. The van der Waals surface area contributed by atoms with Crippen molar-refractivity contribution >= 4 is 24.2 Å². The summed E-state index contributed by atoms with van der Waals surface area (Å²) in [4.78, 5) is 0. The first kappa shape index (κ1) is 9.94. The van der Waals surface area contributed by atoms with Crippen LogP contribution in [0.3, 0.4) is 0 Å². The van der Waals surface area contributed by atoms with Gasteiger partial charge in [-0.3, -0.25) is 0 Å². The molecule has 0 amide bonds. The van der Waals surface area contributed by atoms with Gasteiger partial charge in [-0.05, 0) is 42.7 Å². The summed E-state index contributed by atoms with van der Waals surface area (Å²) in [5.74, 6) is 0.980. The van der Waals surface area contributed by atoms with Crippen molar-refractivity contribution in [1.29, 1.82) is 0 Å². The maximum atomic E-state index is 5.76. The molecule has 0 atom stereocenters. The molecule has 0 fully saturated rings. The van der Waals surface area contributed by atoms with E-state index in [-0.39, 0.29) is 0 Å². The first-order valence-corrected chi connectivity index (χ1v) is 5.19. The van der Waals surface area contributed by atoms with E-state index in [0.29, 0.717) is 0 Å². The maximum Gasteiger partial charge on any atom is 0.0406 e. The Labute approximate surface area is 84.3 Å². The number of hydrogen-bond acceptors (Lipinski definition) is 1. The Morgan fingerprint density at radius 3 is 2.33 bits per heavy atom. The number of benzene rings is 1. The quantitative estimate of drug-likeness (QED) is 0.558. The molecule has 0 nitrogen and oxygen atoms in total. The molecule has 0 unspecified atom stereocenters. The lowest BCUT2D eigenvalue weighted by Crippen LogP contribution is -1.85. The minimum Gasteiger partial charge on any atom is -0.179 e. The molecule has 12 heavy (non-hydrogen) atoms. The second-order valence-corrected chi connectivity index (χ2v) is 3.69. The van der Waals surface area contributed by atoms with Gasteiger partial charge >= 0.3 is 0 Å². The van der Waals surface area contributed by atoms with E-state index >= 15 is 0 Å². The van der Waals surface area contributed by atoms with Crippen molar-refractivity contribution in [3.05, 3.63) is 34.9 Å². The van der Waals surface area contributed by atoms with Gasteiger partial charge in [-0.2, -0.15) is 12.6 Å². The highest BCUT2D eigenvalue weighted by molar-refractivity contribution is 7.80. The summed E-state index contributed by atoms with van der Waals surface area (Å²) in [7, 11) is 0. The summed E-state index contributed by atoms with van der Waals surface area (Å²) >= 11 is 9.92. The number of hydrogen-bond donors (Lipinski definition) is 1. The van der Waals surface area contributed by atoms with Crippen LogP contribution in [0.15, 0.2) is 24.3 Å². The van der Waals surface area contributed by atoms with Crippen LogP contribution >= 0.6 is 24.2 Å². The molecule has 0 aliphatic heterocycles. The average Bonchev–Trinajstić information content (AvgIpc) is 2.09. The molecule has 2 heteroatoms. The van der Waals surface area contributed by atoms with Crippen LogP contribution in [0.1, 0.15) is 18.4 Å². The lowest BCUT2D eigenvalue weighted by molar-refractivity contribution is 0.804. The lowest BCUT2D eigenvalue weighted by atomic mass is 10.1. The Bertz CT molecular complexity index is 218. The fraction of sp³-hybridized carbons (Fsp3) is 0.400. The number of rotatable bonds is 4. The Hall–Kier alpha value is -0.140. The number of unbranched alkanes of at least 4 members (excludes halogenated alkanes) is 1. The molecule has 0 saturated heterocycles. The van der Waals surface area contributed by atoms with Gasteiger partial charge in [0.1, 0.15) is 0 Å². The smallest absolute Gasteiger partial charge is 0.0406 e. The van der Waals surface area contributed by atoms with Crippen LogP contribution in [0.2, 0.25) is 5.02 Å². The molecule has 1 aromatic carbocycles. The standard InChI is InChI=1S/C10H13ClS/c11-10-6-4-9(5-7-10)3-1-2-8-12/h4-7,12H,1-3,8H2. The fourth-order valence-electron chi connectivity index (χ4n) is 1.09. The second kappa shape index (κ2) is 5.50. The summed E-state index contributed by atoms with van der Waals surface area (Å²) < 4.78 is 0. The van der Waals surface area contributed by atoms with Crippen LogP contribution in [0.4, 0.5) is 0 Å². The summed E-state index contributed by atoms with van der Waals surface area (Å²) in [6, 6.07) is 8.05. The lowest BCUT2D eigenvalue weighted by Gasteiger charge is -1.99. The highest BCUT2D eigenvalue weighted by Gasteiger charge is 1.92. The summed E-state index contributed by atoms with van der Waals surface area (Å²) in [5.41, 5.74) is 1.36. The molecule has 0 N–H and O–H groups in total. The van der Waals surface area contributed by atoms with Crippen LogP contribution < -0.4 is 0 Å². The van der Waals surface area contributed by atoms with E-state index in [1.165, 1.54) is 18.4 Å². The van der Waals surface area contributed by atoms with E-state index in [1.54, 1.807) is 0 Å². The molecular weight excluding hydrogens is 188 g/mol. The Kier molecular flexibility index (Phi) is 4.55. The summed E-state index contributed by atoms with van der Waals surface area (Å²) in [6.45, 7) is 0. The molecule has 0 heterocycles. The molecule has 1 rings (SSSR count). The van der Waals surface area contributed by atoms with Gasteiger partial charge in [-0.25, -0.2) is 0 Å². The summed E-state index contributed by atoms with van der Waals surface area (Å²) in [5, 5.41) is 0.813. The third-order valence-corrected chi connectivity index (χ3v) is 2.36. The van der Waals surface area contributed by atoms with Crippen molar-refractivity contribution in [2.45, 2.75) is 19.3 Å². The molecule has 66 valence electrons. The molecule has 0 aromatic heterocycles. The zero-order valence-corrected chi connectivity index (χ0v) is 8.61.